The highest BCUT2D eigenvalue weighted by atomic mass is 19.1. The monoisotopic (exact) mass is 399 g/mol. The van der Waals surface area contributed by atoms with Crippen LogP contribution in [0.1, 0.15) is 24.7 Å². The first-order valence-electron chi connectivity index (χ1n) is 9.34. The molecule has 0 radical (unpaired) electrons. The molecule has 8 heteroatoms. The van der Waals surface area contributed by atoms with Crippen molar-refractivity contribution < 1.29 is 22.8 Å². The Morgan fingerprint density at radius 2 is 1.66 bits per heavy atom. The van der Waals surface area contributed by atoms with E-state index >= 15 is 0 Å². The smallest absolute Gasteiger partial charge is 0.260 e. The number of carbonyl (C=O) groups is 1. The Labute approximate surface area is 166 Å². The number of piperidine rings is 1. The normalized spacial score (nSPS) is 14.8. The number of benzene rings is 2. The van der Waals surface area contributed by atoms with Crippen LogP contribution in [0.25, 0.3) is 11.4 Å². The summed E-state index contributed by atoms with van der Waals surface area (Å²) in [5.74, 6) is 0.676. The number of hydrogen-bond acceptors (Lipinski definition) is 5. The minimum atomic E-state index is -0.352. The van der Waals surface area contributed by atoms with Crippen molar-refractivity contribution in [2.45, 2.75) is 18.8 Å². The molecule has 1 aromatic heterocycles. The lowest BCUT2D eigenvalue weighted by atomic mass is 9.97. The van der Waals surface area contributed by atoms with Crippen LogP contribution in [0.3, 0.4) is 0 Å². The quantitative estimate of drug-likeness (QED) is 0.653. The molecule has 0 unspecified atom stereocenters. The van der Waals surface area contributed by atoms with Crippen molar-refractivity contribution in [2.24, 2.45) is 0 Å². The van der Waals surface area contributed by atoms with Crippen molar-refractivity contribution in [3.63, 3.8) is 0 Å². The van der Waals surface area contributed by atoms with E-state index in [2.05, 4.69) is 10.1 Å². The fraction of sp³-hybridized carbons (Fsp3) is 0.286. The fourth-order valence-corrected chi connectivity index (χ4v) is 3.26. The second kappa shape index (κ2) is 8.38. The maximum absolute atomic E-state index is 13.0. The maximum Gasteiger partial charge on any atom is 0.260 e. The van der Waals surface area contributed by atoms with Gasteiger partial charge in [0.15, 0.2) is 6.61 Å². The molecule has 2 aromatic carbocycles. The van der Waals surface area contributed by atoms with E-state index in [9.17, 15) is 13.6 Å². The number of amides is 1. The summed E-state index contributed by atoms with van der Waals surface area (Å²) in [5, 5.41) is 3.98. The molecule has 150 valence electrons. The topological polar surface area (TPSA) is 68.5 Å². The van der Waals surface area contributed by atoms with Crippen molar-refractivity contribution >= 4 is 5.91 Å². The molecule has 3 aromatic rings. The number of rotatable bonds is 5. The molecular weight excluding hydrogens is 380 g/mol. The van der Waals surface area contributed by atoms with E-state index in [4.69, 9.17) is 9.26 Å². The van der Waals surface area contributed by atoms with Crippen LogP contribution >= 0.6 is 0 Å². The van der Waals surface area contributed by atoms with Gasteiger partial charge in [-0.25, -0.2) is 8.78 Å². The third kappa shape index (κ3) is 4.59. The summed E-state index contributed by atoms with van der Waals surface area (Å²) in [5.41, 5.74) is 0.687. The van der Waals surface area contributed by atoms with Crippen molar-refractivity contribution in [2.75, 3.05) is 19.7 Å². The average Bonchev–Trinajstić information content (AvgIpc) is 3.24. The molecule has 6 nitrogen and oxygen atoms in total. The largest absolute Gasteiger partial charge is 0.484 e. The molecule has 1 aliphatic rings. The molecule has 1 amide bonds. The lowest BCUT2D eigenvalue weighted by molar-refractivity contribution is -0.134. The number of halogens is 2. The Morgan fingerprint density at radius 3 is 2.31 bits per heavy atom. The van der Waals surface area contributed by atoms with Gasteiger partial charge >= 0.3 is 0 Å². The molecule has 4 rings (SSSR count). The molecule has 1 fully saturated rings. The Hall–Kier alpha value is -3.29. The van der Waals surface area contributed by atoms with E-state index in [-0.39, 0.29) is 30.1 Å². The third-order valence-corrected chi connectivity index (χ3v) is 4.92. The van der Waals surface area contributed by atoms with E-state index < -0.39 is 0 Å². The highest BCUT2D eigenvalue weighted by molar-refractivity contribution is 5.77. The van der Waals surface area contributed by atoms with Crippen molar-refractivity contribution in [1.29, 1.82) is 0 Å². The maximum atomic E-state index is 13.0. The van der Waals surface area contributed by atoms with Crippen LogP contribution in [-0.4, -0.2) is 40.6 Å². The zero-order valence-corrected chi connectivity index (χ0v) is 15.6. The summed E-state index contributed by atoms with van der Waals surface area (Å²) in [4.78, 5) is 18.5. The second-order valence-corrected chi connectivity index (χ2v) is 6.86. The van der Waals surface area contributed by atoms with E-state index in [0.717, 1.165) is 0 Å². The molecule has 0 bridgehead atoms. The van der Waals surface area contributed by atoms with Gasteiger partial charge in [0.25, 0.3) is 5.91 Å². The molecule has 29 heavy (non-hydrogen) atoms. The zero-order valence-electron chi connectivity index (χ0n) is 15.6. The van der Waals surface area contributed by atoms with Gasteiger partial charge in [-0.05, 0) is 61.4 Å². The van der Waals surface area contributed by atoms with Crippen LogP contribution < -0.4 is 4.74 Å². The molecule has 0 N–H and O–H groups in total. The molecule has 0 atom stereocenters. The number of hydrogen-bond donors (Lipinski definition) is 0. The van der Waals surface area contributed by atoms with E-state index in [0.29, 0.717) is 49.0 Å². The van der Waals surface area contributed by atoms with E-state index in [1.165, 1.54) is 36.4 Å². The summed E-state index contributed by atoms with van der Waals surface area (Å²) in [6.07, 6.45) is 1.40. The van der Waals surface area contributed by atoms with Crippen LogP contribution in [0.2, 0.25) is 0 Å². The first-order valence-corrected chi connectivity index (χ1v) is 9.34. The van der Waals surface area contributed by atoms with Gasteiger partial charge < -0.3 is 14.2 Å². The molecule has 0 aliphatic carbocycles. The molecule has 1 saturated heterocycles. The Balaban J connectivity index is 1.29. The molecular formula is C21H19F2N3O3. The number of ether oxygens (including phenoxy) is 1. The van der Waals surface area contributed by atoms with Crippen LogP contribution in [0, 0.1) is 11.6 Å². The van der Waals surface area contributed by atoms with Crippen molar-refractivity contribution in [1.82, 2.24) is 15.0 Å². The van der Waals surface area contributed by atoms with Gasteiger partial charge in [0.1, 0.15) is 17.4 Å². The average molecular weight is 399 g/mol. The van der Waals surface area contributed by atoms with Crippen LogP contribution in [0.4, 0.5) is 8.78 Å². The number of likely N-dealkylation sites (tertiary alicyclic amines) is 1. The lowest BCUT2D eigenvalue weighted by Crippen LogP contribution is -2.40. The predicted molar refractivity (Wildman–Crippen MR) is 100 cm³/mol. The minimum absolute atomic E-state index is 0.0683. The summed E-state index contributed by atoms with van der Waals surface area (Å²) >= 11 is 0. The van der Waals surface area contributed by atoms with Gasteiger partial charge in [0.2, 0.25) is 11.7 Å². The standard InChI is InChI=1S/C21H19F2N3O3/c22-16-3-1-14(2-4-16)20-24-21(29-25-20)15-9-11-26(12-10-15)19(27)13-28-18-7-5-17(23)6-8-18/h1-8,15H,9-13H2. The van der Waals surface area contributed by atoms with Gasteiger partial charge in [-0.1, -0.05) is 5.16 Å². The Kier molecular flexibility index (Phi) is 5.50. The van der Waals surface area contributed by atoms with Crippen LogP contribution in [0.15, 0.2) is 53.1 Å². The Bertz CT molecular complexity index is 966. The number of nitrogens with zero attached hydrogens (tertiary/aromatic N) is 3. The van der Waals surface area contributed by atoms with Crippen LogP contribution in [0.5, 0.6) is 5.75 Å². The zero-order chi connectivity index (χ0) is 20.2. The number of carbonyl (C=O) groups excluding carboxylic acids is 1. The fourth-order valence-electron chi connectivity index (χ4n) is 3.26. The van der Waals surface area contributed by atoms with Crippen molar-refractivity contribution in [3.8, 4) is 17.1 Å². The summed E-state index contributed by atoms with van der Waals surface area (Å²) < 4.78 is 36.8. The van der Waals surface area contributed by atoms with E-state index in [1.54, 1.807) is 17.0 Å². The third-order valence-electron chi connectivity index (χ3n) is 4.92. The Morgan fingerprint density at radius 1 is 1.03 bits per heavy atom. The summed E-state index contributed by atoms with van der Waals surface area (Å²) in [6, 6.07) is 11.5. The molecule has 2 heterocycles. The predicted octanol–water partition coefficient (Wildman–Crippen LogP) is 3.80. The highest BCUT2D eigenvalue weighted by Gasteiger charge is 2.27. The minimum Gasteiger partial charge on any atom is -0.484 e. The van der Waals surface area contributed by atoms with Gasteiger partial charge in [-0.2, -0.15) is 4.98 Å². The molecule has 0 spiro atoms. The summed E-state index contributed by atoms with van der Waals surface area (Å²) in [6.45, 7) is 1.03. The SMILES string of the molecule is O=C(COc1ccc(F)cc1)N1CCC(c2nc(-c3ccc(F)cc3)no2)CC1. The van der Waals surface area contributed by atoms with Gasteiger partial charge in [-0.15, -0.1) is 0 Å². The first-order chi connectivity index (χ1) is 14.1. The summed E-state index contributed by atoms with van der Waals surface area (Å²) in [7, 11) is 0. The van der Waals surface area contributed by atoms with Gasteiger partial charge in [0.05, 0.1) is 0 Å². The second-order valence-electron chi connectivity index (χ2n) is 6.86. The van der Waals surface area contributed by atoms with Crippen molar-refractivity contribution in [3.05, 3.63) is 66.1 Å². The number of aromatic nitrogens is 2. The van der Waals surface area contributed by atoms with Gasteiger partial charge in [0, 0.05) is 24.6 Å². The van der Waals surface area contributed by atoms with Gasteiger partial charge in [-0.3, -0.25) is 4.79 Å². The highest BCUT2D eigenvalue weighted by Crippen LogP contribution is 2.28. The first kappa shape index (κ1) is 19.0. The van der Waals surface area contributed by atoms with Crippen LogP contribution in [-0.2, 0) is 4.79 Å². The molecule has 1 aliphatic heterocycles. The lowest BCUT2D eigenvalue weighted by Gasteiger charge is -2.30. The molecule has 0 saturated carbocycles. The van der Waals surface area contributed by atoms with E-state index in [1.807, 2.05) is 0 Å².